The molecule has 1 heterocycles. The molecule has 1 aromatic heterocycles. The van der Waals surface area contributed by atoms with Crippen LogP contribution in [-0.4, -0.2) is 22.1 Å². The number of nitriles is 1. The number of nitrogens with zero attached hydrogens (tertiary/aromatic N) is 2. The lowest BCUT2D eigenvalue weighted by molar-refractivity contribution is 0.0916. The quantitative estimate of drug-likeness (QED) is 0.729. The van der Waals surface area contributed by atoms with Gasteiger partial charge in [0, 0.05) is 11.6 Å². The minimum Gasteiger partial charge on any atom is -0.494 e. The van der Waals surface area contributed by atoms with E-state index in [1.54, 1.807) is 25.1 Å². The molecule has 0 spiro atoms. The SMILES string of the molecule is CCCCn1c(O)c(C(=O)COc2ccc(Cl)cc2C)c(C)c(C#N)c1=O. The molecule has 2 aromatic rings. The summed E-state index contributed by atoms with van der Waals surface area (Å²) in [6.45, 7) is 5.11. The van der Waals surface area contributed by atoms with E-state index in [2.05, 4.69) is 0 Å². The predicted octanol–water partition coefficient (Wildman–Crippen LogP) is 3.76. The van der Waals surface area contributed by atoms with Crippen LogP contribution in [0.3, 0.4) is 0 Å². The number of ether oxygens (including phenoxy) is 1. The summed E-state index contributed by atoms with van der Waals surface area (Å²) in [6.07, 6.45) is 1.43. The molecule has 1 N–H and O–H groups in total. The van der Waals surface area contributed by atoms with Crippen molar-refractivity contribution in [2.75, 3.05) is 6.61 Å². The summed E-state index contributed by atoms with van der Waals surface area (Å²) >= 11 is 5.91. The van der Waals surface area contributed by atoms with E-state index in [0.717, 1.165) is 16.6 Å². The van der Waals surface area contributed by atoms with Crippen LogP contribution < -0.4 is 10.3 Å². The first-order valence-electron chi connectivity index (χ1n) is 8.60. The number of Topliss-reactive ketones (excluding diaryl/α,β-unsaturated/α-hetero) is 1. The van der Waals surface area contributed by atoms with E-state index in [9.17, 15) is 20.0 Å². The van der Waals surface area contributed by atoms with Gasteiger partial charge in [0.2, 0.25) is 11.7 Å². The van der Waals surface area contributed by atoms with Crippen molar-refractivity contribution in [3.8, 4) is 17.7 Å². The molecule has 0 aliphatic heterocycles. The Bertz CT molecular complexity index is 973. The molecule has 0 bridgehead atoms. The zero-order valence-corrected chi connectivity index (χ0v) is 16.3. The van der Waals surface area contributed by atoms with Crippen LogP contribution in [0.25, 0.3) is 0 Å². The zero-order chi connectivity index (χ0) is 20.1. The lowest BCUT2D eigenvalue weighted by atomic mass is 10.0. The fraction of sp³-hybridized carbons (Fsp3) is 0.350. The third kappa shape index (κ3) is 4.32. The molecular formula is C20H21ClN2O4. The van der Waals surface area contributed by atoms with Crippen molar-refractivity contribution >= 4 is 17.4 Å². The van der Waals surface area contributed by atoms with Gasteiger partial charge in [0.15, 0.2) is 6.61 Å². The topological polar surface area (TPSA) is 92.3 Å². The first-order valence-corrected chi connectivity index (χ1v) is 8.98. The van der Waals surface area contributed by atoms with E-state index in [4.69, 9.17) is 16.3 Å². The van der Waals surface area contributed by atoms with Crippen molar-refractivity contribution in [2.24, 2.45) is 0 Å². The normalized spacial score (nSPS) is 10.5. The van der Waals surface area contributed by atoms with Crippen LogP contribution in [0.2, 0.25) is 5.02 Å². The third-order valence-corrected chi connectivity index (χ3v) is 4.55. The second-order valence-electron chi connectivity index (χ2n) is 6.24. The third-order valence-electron chi connectivity index (χ3n) is 4.31. The number of carbonyl (C=O) groups is 1. The van der Waals surface area contributed by atoms with E-state index in [1.807, 2.05) is 13.0 Å². The number of halogens is 1. The Morgan fingerprint density at radius 3 is 2.67 bits per heavy atom. The summed E-state index contributed by atoms with van der Waals surface area (Å²) in [5.74, 6) is -0.447. The second kappa shape index (κ2) is 8.74. The van der Waals surface area contributed by atoms with Gasteiger partial charge < -0.3 is 9.84 Å². The van der Waals surface area contributed by atoms with Gasteiger partial charge in [-0.3, -0.25) is 14.2 Å². The molecule has 0 saturated carbocycles. The maximum atomic E-state index is 12.7. The molecule has 0 aliphatic rings. The van der Waals surface area contributed by atoms with Gasteiger partial charge in [0.1, 0.15) is 17.4 Å². The first-order chi connectivity index (χ1) is 12.8. The van der Waals surface area contributed by atoms with E-state index in [-0.39, 0.29) is 29.8 Å². The van der Waals surface area contributed by atoms with Crippen LogP contribution in [0.1, 0.15) is 46.8 Å². The highest BCUT2D eigenvalue weighted by Gasteiger charge is 2.24. The lowest BCUT2D eigenvalue weighted by Crippen LogP contribution is -2.27. The number of unbranched alkanes of at least 4 members (excludes halogenated alkanes) is 1. The molecule has 0 aliphatic carbocycles. The Morgan fingerprint density at radius 2 is 2.07 bits per heavy atom. The fourth-order valence-electron chi connectivity index (χ4n) is 2.80. The van der Waals surface area contributed by atoms with Crippen molar-refractivity contribution in [3.63, 3.8) is 0 Å². The van der Waals surface area contributed by atoms with Gasteiger partial charge in [0.05, 0.1) is 5.56 Å². The molecular weight excluding hydrogens is 368 g/mol. The Kier molecular flexibility index (Phi) is 6.65. The summed E-state index contributed by atoms with van der Waals surface area (Å²) in [6, 6.07) is 6.85. The van der Waals surface area contributed by atoms with Crippen LogP contribution >= 0.6 is 11.6 Å². The molecule has 27 heavy (non-hydrogen) atoms. The average Bonchev–Trinajstić information content (AvgIpc) is 2.61. The number of aromatic nitrogens is 1. The number of aromatic hydroxyl groups is 1. The summed E-state index contributed by atoms with van der Waals surface area (Å²) in [5, 5.41) is 20.4. The molecule has 0 radical (unpaired) electrons. The van der Waals surface area contributed by atoms with Crippen molar-refractivity contribution in [2.45, 2.75) is 40.2 Å². The van der Waals surface area contributed by atoms with E-state index in [0.29, 0.717) is 17.2 Å². The van der Waals surface area contributed by atoms with Crippen LogP contribution in [0, 0.1) is 25.2 Å². The van der Waals surface area contributed by atoms with Crippen molar-refractivity contribution in [1.29, 1.82) is 5.26 Å². The predicted molar refractivity (Wildman–Crippen MR) is 103 cm³/mol. The zero-order valence-electron chi connectivity index (χ0n) is 15.5. The molecule has 2 rings (SSSR count). The van der Waals surface area contributed by atoms with Gasteiger partial charge in [-0.2, -0.15) is 5.26 Å². The Morgan fingerprint density at radius 1 is 1.37 bits per heavy atom. The minimum atomic E-state index is -0.591. The Labute approximate surface area is 162 Å². The molecule has 1 aromatic carbocycles. The average molecular weight is 389 g/mol. The highest BCUT2D eigenvalue weighted by Crippen LogP contribution is 2.25. The van der Waals surface area contributed by atoms with E-state index < -0.39 is 17.2 Å². The van der Waals surface area contributed by atoms with Gasteiger partial charge in [-0.05, 0) is 49.6 Å². The number of carbonyl (C=O) groups excluding carboxylic acids is 1. The molecule has 7 heteroatoms. The van der Waals surface area contributed by atoms with E-state index >= 15 is 0 Å². The summed E-state index contributed by atoms with van der Waals surface area (Å²) in [7, 11) is 0. The Balaban J connectivity index is 2.39. The van der Waals surface area contributed by atoms with Crippen molar-refractivity contribution in [3.05, 3.63) is 55.8 Å². The highest BCUT2D eigenvalue weighted by molar-refractivity contribution is 6.30. The molecule has 6 nitrogen and oxygen atoms in total. The summed E-state index contributed by atoms with van der Waals surface area (Å²) in [4.78, 5) is 25.1. The van der Waals surface area contributed by atoms with Crippen molar-refractivity contribution < 1.29 is 14.6 Å². The summed E-state index contributed by atoms with van der Waals surface area (Å²) in [5.41, 5.74) is 0.131. The van der Waals surface area contributed by atoms with E-state index in [1.165, 1.54) is 6.92 Å². The lowest BCUT2D eigenvalue weighted by Gasteiger charge is -2.16. The van der Waals surface area contributed by atoms with Crippen LogP contribution in [-0.2, 0) is 6.54 Å². The van der Waals surface area contributed by atoms with Crippen molar-refractivity contribution in [1.82, 2.24) is 4.57 Å². The van der Waals surface area contributed by atoms with Gasteiger partial charge in [0.25, 0.3) is 5.56 Å². The number of hydrogen-bond donors (Lipinski definition) is 1. The van der Waals surface area contributed by atoms with Crippen LogP contribution in [0.5, 0.6) is 11.6 Å². The molecule has 0 saturated heterocycles. The largest absolute Gasteiger partial charge is 0.494 e. The first kappa shape index (κ1) is 20.5. The number of pyridine rings is 1. The maximum absolute atomic E-state index is 12.7. The van der Waals surface area contributed by atoms with Gasteiger partial charge in [-0.25, -0.2) is 0 Å². The number of aryl methyl sites for hydroxylation is 1. The van der Waals surface area contributed by atoms with Gasteiger partial charge >= 0.3 is 0 Å². The smallest absolute Gasteiger partial charge is 0.271 e. The number of hydrogen-bond acceptors (Lipinski definition) is 5. The molecule has 142 valence electrons. The monoisotopic (exact) mass is 388 g/mol. The van der Waals surface area contributed by atoms with Crippen LogP contribution in [0.4, 0.5) is 0 Å². The number of rotatable bonds is 7. The molecule has 0 amide bonds. The number of benzene rings is 1. The standard InChI is InChI=1S/C20H21ClN2O4/c1-4-5-8-23-19(25)15(10-22)13(3)18(20(23)26)16(24)11-27-17-7-6-14(21)9-12(17)2/h6-7,9,26H,4-5,8,11H2,1-3H3. The summed E-state index contributed by atoms with van der Waals surface area (Å²) < 4.78 is 6.63. The van der Waals surface area contributed by atoms with Crippen LogP contribution in [0.15, 0.2) is 23.0 Å². The maximum Gasteiger partial charge on any atom is 0.271 e. The minimum absolute atomic E-state index is 0.0612. The highest BCUT2D eigenvalue weighted by atomic mass is 35.5. The number of ketones is 1. The second-order valence-corrected chi connectivity index (χ2v) is 6.68. The fourth-order valence-corrected chi connectivity index (χ4v) is 3.03. The molecule has 0 fully saturated rings. The van der Waals surface area contributed by atoms with Gasteiger partial charge in [-0.1, -0.05) is 24.9 Å². The molecule has 0 atom stereocenters. The van der Waals surface area contributed by atoms with Gasteiger partial charge in [-0.15, -0.1) is 0 Å². The molecule has 0 unspecified atom stereocenters. The Hall–Kier alpha value is -2.78.